The topological polar surface area (TPSA) is 59.7 Å². The average molecular weight is 194 g/mol. The molecular formula is C10H10O4. The van der Waals surface area contributed by atoms with Crippen molar-refractivity contribution in [2.45, 2.75) is 13.0 Å². The molecule has 1 aromatic rings. The molecule has 1 atom stereocenters. The van der Waals surface area contributed by atoms with Gasteiger partial charge in [-0.2, -0.15) is 0 Å². The quantitative estimate of drug-likeness (QED) is 0.431. The lowest BCUT2D eigenvalue weighted by atomic mass is 10.3. The summed E-state index contributed by atoms with van der Waals surface area (Å²) in [5.74, 6) is 4.11. The standard InChI is InChI=1S/C10H10O4/c1-2-13-10(12)6-5-8(11)9-4-3-7-14-9/h3-4,7-8,11H,2H2,1H3/t8-/m1/s1. The number of aliphatic hydroxyl groups is 1. The molecule has 0 aliphatic carbocycles. The van der Waals surface area contributed by atoms with Gasteiger partial charge in [-0.3, -0.25) is 0 Å². The molecule has 0 amide bonds. The molecule has 0 spiro atoms. The summed E-state index contributed by atoms with van der Waals surface area (Å²) in [4.78, 5) is 10.8. The van der Waals surface area contributed by atoms with E-state index in [0.29, 0.717) is 5.76 Å². The Labute approximate surface area is 81.5 Å². The predicted molar refractivity (Wildman–Crippen MR) is 48.1 cm³/mol. The van der Waals surface area contributed by atoms with Crippen molar-refractivity contribution in [1.82, 2.24) is 0 Å². The molecule has 74 valence electrons. The Morgan fingerprint density at radius 2 is 2.57 bits per heavy atom. The van der Waals surface area contributed by atoms with Gasteiger partial charge in [-0.15, -0.1) is 0 Å². The van der Waals surface area contributed by atoms with Crippen molar-refractivity contribution < 1.29 is 19.1 Å². The number of carbonyl (C=O) groups is 1. The van der Waals surface area contributed by atoms with E-state index in [1.165, 1.54) is 6.26 Å². The van der Waals surface area contributed by atoms with Crippen LogP contribution in [0, 0.1) is 11.8 Å². The zero-order chi connectivity index (χ0) is 10.4. The van der Waals surface area contributed by atoms with Crippen LogP contribution in [0.1, 0.15) is 18.8 Å². The molecule has 0 aliphatic heterocycles. The highest BCUT2D eigenvalue weighted by Gasteiger charge is 2.06. The number of rotatable bonds is 2. The first-order chi connectivity index (χ1) is 6.74. The third-order valence-corrected chi connectivity index (χ3v) is 1.40. The molecule has 4 nitrogen and oxygen atoms in total. The van der Waals surface area contributed by atoms with Gasteiger partial charge in [0.1, 0.15) is 5.76 Å². The third-order valence-electron chi connectivity index (χ3n) is 1.40. The van der Waals surface area contributed by atoms with Crippen molar-refractivity contribution >= 4 is 5.97 Å². The van der Waals surface area contributed by atoms with Crippen LogP contribution in [0.3, 0.4) is 0 Å². The highest BCUT2D eigenvalue weighted by Crippen LogP contribution is 2.10. The van der Waals surface area contributed by atoms with E-state index >= 15 is 0 Å². The molecule has 1 heterocycles. The van der Waals surface area contributed by atoms with Crippen LogP contribution in [0.4, 0.5) is 0 Å². The maximum Gasteiger partial charge on any atom is 0.384 e. The minimum atomic E-state index is -1.09. The molecule has 0 fully saturated rings. The van der Waals surface area contributed by atoms with Gasteiger partial charge in [0.2, 0.25) is 0 Å². The summed E-state index contributed by atoms with van der Waals surface area (Å²) in [6.45, 7) is 1.95. The monoisotopic (exact) mass is 194 g/mol. The smallest absolute Gasteiger partial charge is 0.384 e. The van der Waals surface area contributed by atoms with Gasteiger partial charge in [-0.25, -0.2) is 4.79 Å². The van der Waals surface area contributed by atoms with Crippen LogP contribution in [0.15, 0.2) is 22.8 Å². The lowest BCUT2D eigenvalue weighted by Crippen LogP contribution is -2.01. The lowest BCUT2D eigenvalue weighted by molar-refractivity contribution is -0.136. The van der Waals surface area contributed by atoms with Crippen LogP contribution in [0.2, 0.25) is 0 Å². The second-order valence-corrected chi connectivity index (χ2v) is 2.41. The number of hydrogen-bond acceptors (Lipinski definition) is 4. The van der Waals surface area contributed by atoms with Gasteiger partial charge < -0.3 is 14.3 Å². The second-order valence-electron chi connectivity index (χ2n) is 2.41. The van der Waals surface area contributed by atoms with Crippen molar-refractivity contribution in [1.29, 1.82) is 0 Å². The normalized spacial score (nSPS) is 11.3. The third kappa shape index (κ3) is 2.96. The molecule has 1 aromatic heterocycles. The van der Waals surface area contributed by atoms with Gasteiger partial charge in [0.05, 0.1) is 12.9 Å². The fourth-order valence-electron chi connectivity index (χ4n) is 0.812. The minimum absolute atomic E-state index is 0.268. The van der Waals surface area contributed by atoms with Crippen molar-refractivity contribution in [2.24, 2.45) is 0 Å². The summed E-state index contributed by atoms with van der Waals surface area (Å²) in [7, 11) is 0. The minimum Gasteiger partial charge on any atom is -0.466 e. The van der Waals surface area contributed by atoms with Crippen LogP contribution in [0.25, 0.3) is 0 Å². The zero-order valence-electron chi connectivity index (χ0n) is 7.69. The van der Waals surface area contributed by atoms with Crippen LogP contribution < -0.4 is 0 Å². The average Bonchev–Trinajstić information content (AvgIpc) is 2.67. The Morgan fingerprint density at radius 3 is 3.14 bits per heavy atom. The van der Waals surface area contributed by atoms with Crippen molar-refractivity contribution in [3.05, 3.63) is 24.2 Å². The van der Waals surface area contributed by atoms with Gasteiger partial charge in [-0.05, 0) is 19.1 Å². The van der Waals surface area contributed by atoms with Gasteiger partial charge in [-0.1, -0.05) is 5.92 Å². The van der Waals surface area contributed by atoms with E-state index in [1.54, 1.807) is 19.1 Å². The molecule has 0 bridgehead atoms. The Bertz CT molecular complexity index is 342. The van der Waals surface area contributed by atoms with Gasteiger partial charge in [0.25, 0.3) is 0 Å². The van der Waals surface area contributed by atoms with Gasteiger partial charge in [0, 0.05) is 5.92 Å². The molecule has 0 aromatic carbocycles. The lowest BCUT2D eigenvalue weighted by Gasteiger charge is -1.96. The molecule has 14 heavy (non-hydrogen) atoms. The molecule has 4 heteroatoms. The predicted octanol–water partition coefficient (Wildman–Crippen LogP) is 0.880. The van der Waals surface area contributed by atoms with E-state index in [9.17, 15) is 9.90 Å². The summed E-state index contributed by atoms with van der Waals surface area (Å²) >= 11 is 0. The van der Waals surface area contributed by atoms with Gasteiger partial charge >= 0.3 is 5.97 Å². The number of carbonyl (C=O) groups excluding carboxylic acids is 1. The number of hydrogen-bond donors (Lipinski definition) is 1. The summed E-state index contributed by atoms with van der Waals surface area (Å²) in [5.41, 5.74) is 0. The number of furan rings is 1. The van der Waals surface area contributed by atoms with Crippen LogP contribution in [-0.2, 0) is 9.53 Å². The Kier molecular flexibility index (Phi) is 3.77. The van der Waals surface area contributed by atoms with Crippen LogP contribution in [0.5, 0.6) is 0 Å². The molecule has 1 rings (SSSR count). The van der Waals surface area contributed by atoms with Crippen molar-refractivity contribution in [2.75, 3.05) is 6.61 Å². The fourth-order valence-corrected chi connectivity index (χ4v) is 0.812. The first-order valence-corrected chi connectivity index (χ1v) is 4.13. The molecule has 0 aliphatic rings. The highest BCUT2D eigenvalue weighted by molar-refractivity contribution is 5.88. The van der Waals surface area contributed by atoms with E-state index < -0.39 is 12.1 Å². The summed E-state index contributed by atoms with van der Waals surface area (Å²) in [5, 5.41) is 9.35. The first-order valence-electron chi connectivity index (χ1n) is 4.13. The molecule has 0 saturated carbocycles. The maximum absolute atomic E-state index is 10.8. The number of esters is 1. The molecular weight excluding hydrogens is 184 g/mol. The van der Waals surface area contributed by atoms with Gasteiger partial charge in [0.15, 0.2) is 6.10 Å². The van der Waals surface area contributed by atoms with Crippen LogP contribution >= 0.6 is 0 Å². The summed E-state index contributed by atoms with van der Waals surface area (Å²) < 4.78 is 9.44. The van der Waals surface area contributed by atoms with E-state index in [-0.39, 0.29) is 6.61 Å². The van der Waals surface area contributed by atoms with Crippen LogP contribution in [-0.4, -0.2) is 17.7 Å². The van der Waals surface area contributed by atoms with Crippen molar-refractivity contribution in [3.63, 3.8) is 0 Å². The molecule has 0 saturated heterocycles. The highest BCUT2D eigenvalue weighted by atomic mass is 16.5. The fraction of sp³-hybridized carbons (Fsp3) is 0.300. The second kappa shape index (κ2) is 5.10. The Hall–Kier alpha value is -1.73. The van der Waals surface area contributed by atoms with E-state index in [4.69, 9.17) is 4.42 Å². The van der Waals surface area contributed by atoms with E-state index in [0.717, 1.165) is 0 Å². The Balaban J connectivity index is 2.55. The number of ether oxygens (including phenoxy) is 1. The summed E-state index contributed by atoms with van der Waals surface area (Å²) in [6.07, 6.45) is 0.333. The molecule has 1 N–H and O–H groups in total. The molecule has 0 unspecified atom stereocenters. The SMILES string of the molecule is CCOC(=O)C#C[C@@H](O)c1ccco1. The molecule has 0 radical (unpaired) electrons. The van der Waals surface area contributed by atoms with Crippen molar-refractivity contribution in [3.8, 4) is 11.8 Å². The zero-order valence-corrected chi connectivity index (χ0v) is 7.69. The Morgan fingerprint density at radius 1 is 1.79 bits per heavy atom. The summed E-state index contributed by atoms with van der Waals surface area (Å²) in [6, 6.07) is 3.20. The largest absolute Gasteiger partial charge is 0.466 e. The first kappa shape index (κ1) is 10.4. The van der Waals surface area contributed by atoms with E-state index in [2.05, 4.69) is 16.6 Å². The number of aliphatic hydroxyl groups excluding tert-OH is 1. The maximum atomic E-state index is 10.8. The van der Waals surface area contributed by atoms with E-state index in [1.807, 2.05) is 0 Å².